The van der Waals surface area contributed by atoms with Crippen LogP contribution in [-0.4, -0.2) is 29.7 Å². The van der Waals surface area contributed by atoms with E-state index in [2.05, 4.69) is 10.3 Å². The highest BCUT2D eigenvalue weighted by molar-refractivity contribution is 6.36. The van der Waals surface area contributed by atoms with Crippen molar-refractivity contribution in [2.24, 2.45) is 7.05 Å². The van der Waals surface area contributed by atoms with Crippen molar-refractivity contribution in [3.63, 3.8) is 0 Å². The van der Waals surface area contributed by atoms with Crippen molar-refractivity contribution in [2.75, 3.05) is 14.2 Å². The van der Waals surface area contributed by atoms with Crippen molar-refractivity contribution in [3.05, 3.63) is 75.8 Å². The number of benzene rings is 2. The van der Waals surface area contributed by atoms with E-state index in [9.17, 15) is 4.79 Å². The average Bonchev–Trinajstić information content (AvgIpc) is 3.14. The van der Waals surface area contributed by atoms with Crippen LogP contribution in [0.1, 0.15) is 23.0 Å². The molecule has 0 saturated heterocycles. The predicted octanol–water partition coefficient (Wildman–Crippen LogP) is 4.19. The second-order valence-corrected chi connectivity index (χ2v) is 7.23. The molecule has 1 N–H and O–H groups in total. The highest BCUT2D eigenvalue weighted by atomic mass is 35.5. The van der Waals surface area contributed by atoms with Gasteiger partial charge in [0.2, 0.25) is 5.91 Å². The number of halogens is 2. The largest absolute Gasteiger partial charge is 0.497 e. The molecule has 3 rings (SSSR count). The van der Waals surface area contributed by atoms with Gasteiger partial charge in [-0.05, 0) is 35.4 Å². The van der Waals surface area contributed by atoms with Crippen LogP contribution in [0.25, 0.3) is 0 Å². The van der Waals surface area contributed by atoms with Crippen LogP contribution in [0.5, 0.6) is 11.5 Å². The number of methoxy groups -OCH3 is 2. The van der Waals surface area contributed by atoms with E-state index in [0.717, 1.165) is 5.56 Å². The molecule has 0 aliphatic carbocycles. The van der Waals surface area contributed by atoms with E-state index in [1.165, 1.54) is 0 Å². The van der Waals surface area contributed by atoms with E-state index in [1.54, 1.807) is 44.7 Å². The fourth-order valence-corrected chi connectivity index (χ4v) is 3.55. The topological polar surface area (TPSA) is 65.4 Å². The molecule has 0 aliphatic rings. The molecule has 1 aromatic heterocycles. The number of rotatable bonds is 7. The molecule has 0 saturated carbocycles. The first-order chi connectivity index (χ1) is 13.9. The monoisotopic (exact) mass is 433 g/mol. The van der Waals surface area contributed by atoms with Crippen LogP contribution in [0.4, 0.5) is 0 Å². The standard InChI is InChI=1S/C21H21Cl2N3O3/c1-26-8-7-24-21(26)20(13-9-14(28-2)11-15(10-13)29-3)25-19(27)12-16-17(22)5-4-6-18(16)23/h4-11,20H,12H2,1-3H3,(H,25,27)/t20-/m1/s1. The molecule has 2 aromatic carbocycles. The summed E-state index contributed by atoms with van der Waals surface area (Å²) in [6.45, 7) is 0. The maximum Gasteiger partial charge on any atom is 0.225 e. The lowest BCUT2D eigenvalue weighted by Gasteiger charge is -2.21. The molecular weight excluding hydrogens is 413 g/mol. The van der Waals surface area contributed by atoms with Crippen molar-refractivity contribution in [1.82, 2.24) is 14.9 Å². The van der Waals surface area contributed by atoms with Gasteiger partial charge in [0.05, 0.1) is 20.6 Å². The summed E-state index contributed by atoms with van der Waals surface area (Å²) in [4.78, 5) is 17.3. The van der Waals surface area contributed by atoms with Crippen molar-refractivity contribution in [3.8, 4) is 11.5 Å². The number of aromatic nitrogens is 2. The lowest BCUT2D eigenvalue weighted by atomic mass is 10.0. The summed E-state index contributed by atoms with van der Waals surface area (Å²) >= 11 is 12.4. The van der Waals surface area contributed by atoms with E-state index in [4.69, 9.17) is 32.7 Å². The third kappa shape index (κ3) is 4.83. The molecule has 1 atom stereocenters. The highest BCUT2D eigenvalue weighted by Gasteiger charge is 2.23. The van der Waals surface area contributed by atoms with Gasteiger partial charge >= 0.3 is 0 Å². The van der Waals surface area contributed by atoms with Crippen molar-refractivity contribution >= 4 is 29.1 Å². The number of hydrogen-bond acceptors (Lipinski definition) is 4. The van der Waals surface area contributed by atoms with Crippen molar-refractivity contribution in [2.45, 2.75) is 12.5 Å². The predicted molar refractivity (Wildman–Crippen MR) is 113 cm³/mol. The summed E-state index contributed by atoms with van der Waals surface area (Å²) in [7, 11) is 5.02. The zero-order chi connectivity index (χ0) is 21.0. The SMILES string of the molecule is COc1cc(OC)cc([C@@H](NC(=O)Cc2c(Cl)cccc2Cl)c2nccn2C)c1. The fraction of sp³-hybridized carbons (Fsp3) is 0.238. The van der Waals surface area contributed by atoms with Crippen LogP contribution >= 0.6 is 23.2 Å². The summed E-state index contributed by atoms with van der Waals surface area (Å²) < 4.78 is 12.6. The Morgan fingerprint density at radius 3 is 2.28 bits per heavy atom. The zero-order valence-electron chi connectivity index (χ0n) is 16.3. The van der Waals surface area contributed by atoms with Gasteiger partial charge in [-0.25, -0.2) is 4.98 Å². The van der Waals surface area contributed by atoms with Gasteiger partial charge in [0.25, 0.3) is 0 Å². The maximum absolute atomic E-state index is 12.9. The van der Waals surface area contributed by atoms with E-state index < -0.39 is 6.04 Å². The van der Waals surface area contributed by atoms with Crippen LogP contribution < -0.4 is 14.8 Å². The quantitative estimate of drug-likeness (QED) is 0.606. The van der Waals surface area contributed by atoms with Gasteiger partial charge in [0.1, 0.15) is 23.4 Å². The molecule has 0 radical (unpaired) electrons. The van der Waals surface area contributed by atoms with E-state index in [0.29, 0.717) is 32.9 Å². The molecule has 0 fully saturated rings. The number of imidazole rings is 1. The number of ether oxygens (including phenoxy) is 2. The normalized spacial score (nSPS) is 11.8. The van der Waals surface area contributed by atoms with Gasteiger partial charge in [0.15, 0.2) is 0 Å². The third-order valence-corrected chi connectivity index (χ3v) is 5.24. The molecule has 0 aliphatic heterocycles. The van der Waals surface area contributed by atoms with Crippen molar-refractivity contribution < 1.29 is 14.3 Å². The highest BCUT2D eigenvalue weighted by Crippen LogP contribution is 2.30. The number of hydrogen-bond donors (Lipinski definition) is 1. The molecule has 152 valence electrons. The van der Waals surface area contributed by atoms with E-state index in [-0.39, 0.29) is 12.3 Å². The molecule has 0 spiro atoms. The summed E-state index contributed by atoms with van der Waals surface area (Å²) in [5.41, 5.74) is 1.35. The second kappa shape index (κ2) is 9.20. The third-order valence-electron chi connectivity index (χ3n) is 4.53. The van der Waals surface area contributed by atoms with Gasteiger partial charge < -0.3 is 19.4 Å². The van der Waals surface area contributed by atoms with Crippen LogP contribution in [-0.2, 0) is 18.3 Å². The summed E-state index contributed by atoms with van der Waals surface area (Å²) in [6, 6.07) is 10.1. The summed E-state index contributed by atoms with van der Waals surface area (Å²) in [5.74, 6) is 1.65. The molecule has 1 heterocycles. The van der Waals surface area contributed by atoms with Crippen LogP contribution in [0.15, 0.2) is 48.8 Å². The molecule has 0 bridgehead atoms. The van der Waals surface area contributed by atoms with Gasteiger partial charge in [-0.15, -0.1) is 0 Å². The molecule has 0 unspecified atom stereocenters. The Labute approximate surface area is 179 Å². The fourth-order valence-electron chi connectivity index (χ4n) is 3.02. The Kier molecular flexibility index (Phi) is 6.67. The number of nitrogens with one attached hydrogen (secondary N) is 1. The Balaban J connectivity index is 1.95. The first-order valence-electron chi connectivity index (χ1n) is 8.85. The number of nitrogens with zero attached hydrogens (tertiary/aromatic N) is 2. The molecule has 6 nitrogen and oxygen atoms in total. The molecule has 1 amide bonds. The number of amides is 1. The van der Waals surface area contributed by atoms with Crippen LogP contribution in [0.3, 0.4) is 0 Å². The second-order valence-electron chi connectivity index (χ2n) is 6.42. The van der Waals surface area contributed by atoms with Gasteiger partial charge in [-0.1, -0.05) is 29.3 Å². The molecule has 29 heavy (non-hydrogen) atoms. The first-order valence-corrected chi connectivity index (χ1v) is 9.61. The van der Waals surface area contributed by atoms with Gasteiger partial charge in [0, 0.05) is 35.6 Å². The number of carbonyl (C=O) groups excluding carboxylic acids is 1. The van der Waals surface area contributed by atoms with E-state index in [1.807, 2.05) is 29.9 Å². The Morgan fingerprint density at radius 2 is 1.76 bits per heavy atom. The zero-order valence-corrected chi connectivity index (χ0v) is 17.8. The smallest absolute Gasteiger partial charge is 0.225 e. The number of carbonyl (C=O) groups is 1. The van der Waals surface area contributed by atoms with E-state index >= 15 is 0 Å². The average molecular weight is 434 g/mol. The first kappa shape index (κ1) is 21.0. The minimum absolute atomic E-state index is 0.0422. The van der Waals surface area contributed by atoms with Crippen molar-refractivity contribution in [1.29, 1.82) is 0 Å². The van der Waals surface area contributed by atoms with Gasteiger partial charge in [-0.2, -0.15) is 0 Å². The lowest BCUT2D eigenvalue weighted by Crippen LogP contribution is -2.32. The minimum atomic E-state index is -0.521. The Bertz CT molecular complexity index is 978. The Morgan fingerprint density at radius 1 is 1.14 bits per heavy atom. The lowest BCUT2D eigenvalue weighted by molar-refractivity contribution is -0.121. The number of aryl methyl sites for hydroxylation is 1. The summed E-state index contributed by atoms with van der Waals surface area (Å²) in [5, 5.41) is 3.93. The summed E-state index contributed by atoms with van der Waals surface area (Å²) in [6.07, 6.45) is 3.54. The van der Waals surface area contributed by atoms with Gasteiger partial charge in [-0.3, -0.25) is 4.79 Å². The molecule has 8 heteroatoms. The maximum atomic E-state index is 12.9. The van der Waals surface area contributed by atoms with Crippen LogP contribution in [0, 0.1) is 0 Å². The Hall–Kier alpha value is -2.70. The molecular formula is C21H21Cl2N3O3. The van der Waals surface area contributed by atoms with Crippen LogP contribution in [0.2, 0.25) is 10.0 Å². The minimum Gasteiger partial charge on any atom is -0.497 e. The molecule has 3 aromatic rings.